The Morgan fingerprint density at radius 2 is 1.57 bits per heavy atom. The Hall–Kier alpha value is -6.88. The smallest absolute Gasteiger partial charge is 0.340 e. The van der Waals surface area contributed by atoms with Crippen LogP contribution in [0, 0.1) is 0 Å². The van der Waals surface area contributed by atoms with Crippen molar-refractivity contribution < 1.29 is 24.5 Å². The number of phenols is 2. The third kappa shape index (κ3) is 4.51. The van der Waals surface area contributed by atoms with Crippen LogP contribution in [0.15, 0.2) is 132 Å². The summed E-state index contributed by atoms with van der Waals surface area (Å²) in [5, 5.41) is 30.3. The number of carbonyl (C=O) groups excluding carboxylic acids is 1. The summed E-state index contributed by atoms with van der Waals surface area (Å²) < 4.78 is 14.4. The normalized spacial score (nSPS) is 16.0. The summed E-state index contributed by atoms with van der Waals surface area (Å²) in [6, 6.07) is 31.8. The van der Waals surface area contributed by atoms with Crippen LogP contribution in [0.2, 0.25) is 0 Å². The lowest BCUT2D eigenvalue weighted by Gasteiger charge is -2.36. The van der Waals surface area contributed by atoms with Crippen LogP contribution < -0.4 is 4.74 Å². The molecule has 0 bridgehead atoms. The summed E-state index contributed by atoms with van der Waals surface area (Å²) in [5.41, 5.74) is 4.39. The Morgan fingerprint density at radius 3 is 2.41 bits per heavy atom. The number of aromatic nitrogens is 4. The molecule has 2 N–H and O–H groups in total. The lowest BCUT2D eigenvalue weighted by Crippen LogP contribution is -2.32. The van der Waals surface area contributed by atoms with Crippen LogP contribution in [0.25, 0.3) is 22.6 Å². The number of fused-ring (bicyclic) bond motifs is 7. The fourth-order valence-corrected chi connectivity index (χ4v) is 6.55. The Balaban J connectivity index is 1.15. The molecule has 11 heteroatoms. The highest BCUT2D eigenvalue weighted by atomic mass is 16.6. The van der Waals surface area contributed by atoms with E-state index in [1.165, 1.54) is 18.2 Å². The topological polar surface area (TPSA) is 144 Å². The SMILES string of the molecule is O=C1OC2(c3ccc(O)cc3Oc3cc(O)c(N=Nc4ccc5nc(-c6ccccn6)n(Cc6ccccn6)c5c4)cc32)c2ccccc21. The molecule has 0 saturated heterocycles. The summed E-state index contributed by atoms with van der Waals surface area (Å²) >= 11 is 0. The molecule has 9 rings (SSSR count). The fraction of sp³-hybridized carbons (Fsp3) is 0.0526. The minimum Gasteiger partial charge on any atom is -0.508 e. The van der Waals surface area contributed by atoms with Gasteiger partial charge >= 0.3 is 5.97 Å². The minimum absolute atomic E-state index is 0.0184. The molecule has 0 aliphatic carbocycles. The Kier molecular flexibility index (Phi) is 6.28. The molecule has 11 nitrogen and oxygen atoms in total. The molecule has 2 aliphatic heterocycles. The number of phenolic OH excluding ortho intramolecular Hbond substituents is 2. The van der Waals surface area contributed by atoms with Gasteiger partial charge in [-0.25, -0.2) is 9.78 Å². The van der Waals surface area contributed by atoms with Crippen LogP contribution in [0.1, 0.15) is 32.7 Å². The molecule has 0 radical (unpaired) electrons. The van der Waals surface area contributed by atoms with E-state index in [1.807, 2.05) is 65.2 Å². The first kappa shape index (κ1) is 28.4. The van der Waals surface area contributed by atoms with Gasteiger partial charge < -0.3 is 24.3 Å². The summed E-state index contributed by atoms with van der Waals surface area (Å²) in [7, 11) is 0. The number of hydrogen-bond donors (Lipinski definition) is 2. The van der Waals surface area contributed by atoms with Crippen LogP contribution in [-0.2, 0) is 16.9 Å². The second-order valence-electron chi connectivity index (χ2n) is 11.7. The highest BCUT2D eigenvalue weighted by Crippen LogP contribution is 2.58. The van der Waals surface area contributed by atoms with Crippen molar-refractivity contribution in [1.82, 2.24) is 19.5 Å². The van der Waals surface area contributed by atoms with Gasteiger partial charge in [-0.3, -0.25) is 9.97 Å². The van der Waals surface area contributed by atoms with Gasteiger partial charge in [0.25, 0.3) is 0 Å². The summed E-state index contributed by atoms with van der Waals surface area (Å²) in [6.07, 6.45) is 3.48. The van der Waals surface area contributed by atoms with Gasteiger partial charge in [0.2, 0.25) is 0 Å². The molecular formula is C38H24N6O5. The molecule has 5 heterocycles. The highest BCUT2D eigenvalue weighted by Gasteiger charge is 2.53. The fourth-order valence-electron chi connectivity index (χ4n) is 6.55. The Bertz CT molecular complexity index is 2480. The van der Waals surface area contributed by atoms with Crippen molar-refractivity contribution >= 4 is 28.4 Å². The highest BCUT2D eigenvalue weighted by molar-refractivity contribution is 5.97. The first-order valence-electron chi connectivity index (χ1n) is 15.4. The van der Waals surface area contributed by atoms with E-state index in [-0.39, 0.29) is 22.9 Å². The third-order valence-corrected chi connectivity index (χ3v) is 8.74. The number of nitrogens with zero attached hydrogens (tertiary/aromatic N) is 6. The maximum atomic E-state index is 13.2. The zero-order chi connectivity index (χ0) is 33.1. The molecule has 1 spiro atoms. The van der Waals surface area contributed by atoms with E-state index < -0.39 is 11.6 Å². The molecule has 1 atom stereocenters. The van der Waals surface area contributed by atoms with Gasteiger partial charge in [-0.2, -0.15) is 5.11 Å². The minimum atomic E-state index is -1.40. The molecule has 4 aromatic carbocycles. The summed E-state index contributed by atoms with van der Waals surface area (Å²) in [6.45, 7) is 0.455. The molecule has 0 amide bonds. The largest absolute Gasteiger partial charge is 0.508 e. The maximum Gasteiger partial charge on any atom is 0.340 e. The zero-order valence-electron chi connectivity index (χ0n) is 25.6. The van der Waals surface area contributed by atoms with Crippen molar-refractivity contribution in [1.29, 1.82) is 0 Å². The number of imidazole rings is 1. The molecule has 1 unspecified atom stereocenters. The van der Waals surface area contributed by atoms with Crippen molar-refractivity contribution in [3.8, 4) is 34.5 Å². The first-order chi connectivity index (χ1) is 24.0. The monoisotopic (exact) mass is 644 g/mol. The van der Waals surface area contributed by atoms with E-state index in [9.17, 15) is 15.0 Å². The number of ether oxygens (including phenoxy) is 2. The molecule has 236 valence electrons. The second kappa shape index (κ2) is 10.8. The van der Waals surface area contributed by atoms with Gasteiger partial charge in [-0.1, -0.05) is 30.3 Å². The van der Waals surface area contributed by atoms with Crippen molar-refractivity contribution in [3.05, 3.63) is 150 Å². The van der Waals surface area contributed by atoms with Crippen molar-refractivity contribution in [2.45, 2.75) is 12.1 Å². The molecule has 49 heavy (non-hydrogen) atoms. The standard InChI is InChI=1S/C38H24N6O5/c45-24-12-13-27-34(18-24)48-35-20-33(46)31(19-28(35)38(27)26-9-2-1-8-25(26)37(47)49-38)43-42-22-11-14-29-32(17-22)44(21-23-7-3-5-15-39-23)36(41-29)30-10-4-6-16-40-30/h1-20,45-46H,21H2. The Labute approximate surface area is 278 Å². The molecule has 3 aromatic heterocycles. The summed E-state index contributed by atoms with van der Waals surface area (Å²) in [4.78, 5) is 27.1. The van der Waals surface area contributed by atoms with E-state index in [1.54, 1.807) is 42.7 Å². The number of hydrogen-bond acceptors (Lipinski definition) is 10. The number of esters is 1. The number of aromatic hydroxyl groups is 2. The van der Waals surface area contributed by atoms with E-state index >= 15 is 0 Å². The predicted octanol–water partition coefficient (Wildman–Crippen LogP) is 7.94. The lowest BCUT2D eigenvalue weighted by molar-refractivity contribution is 0.0224. The van der Waals surface area contributed by atoms with Crippen LogP contribution in [0.4, 0.5) is 11.4 Å². The van der Waals surface area contributed by atoms with Gasteiger partial charge in [-0.15, -0.1) is 5.11 Å². The van der Waals surface area contributed by atoms with Gasteiger partial charge in [-0.05, 0) is 66.7 Å². The lowest BCUT2D eigenvalue weighted by atomic mass is 9.77. The van der Waals surface area contributed by atoms with Crippen LogP contribution >= 0.6 is 0 Å². The molecule has 2 aliphatic rings. The maximum absolute atomic E-state index is 13.2. The quantitative estimate of drug-likeness (QED) is 0.142. The number of carbonyl (C=O) groups is 1. The van der Waals surface area contributed by atoms with Gasteiger partial charge in [0.1, 0.15) is 34.4 Å². The summed E-state index contributed by atoms with van der Waals surface area (Å²) in [5.74, 6) is 0.521. The molecule has 0 fully saturated rings. The van der Waals surface area contributed by atoms with Crippen molar-refractivity contribution in [3.63, 3.8) is 0 Å². The van der Waals surface area contributed by atoms with E-state index in [0.29, 0.717) is 46.1 Å². The first-order valence-corrected chi connectivity index (χ1v) is 15.4. The van der Waals surface area contributed by atoms with Gasteiger partial charge in [0.05, 0.1) is 40.1 Å². The Morgan fingerprint density at radius 1 is 0.755 bits per heavy atom. The third-order valence-electron chi connectivity index (χ3n) is 8.74. The average Bonchev–Trinajstić information content (AvgIpc) is 3.63. The average molecular weight is 645 g/mol. The van der Waals surface area contributed by atoms with E-state index in [0.717, 1.165) is 22.4 Å². The number of azo groups is 1. The van der Waals surface area contributed by atoms with Gasteiger partial charge in [0, 0.05) is 35.7 Å². The molecule has 7 aromatic rings. The van der Waals surface area contributed by atoms with E-state index in [4.69, 9.17) is 14.5 Å². The van der Waals surface area contributed by atoms with Gasteiger partial charge in [0.15, 0.2) is 11.4 Å². The number of rotatable bonds is 5. The number of pyridine rings is 2. The van der Waals surface area contributed by atoms with E-state index in [2.05, 4.69) is 20.2 Å². The zero-order valence-corrected chi connectivity index (χ0v) is 25.6. The second-order valence-corrected chi connectivity index (χ2v) is 11.7. The van der Waals surface area contributed by atoms with Crippen LogP contribution in [-0.4, -0.2) is 35.7 Å². The van der Waals surface area contributed by atoms with Crippen LogP contribution in [0.5, 0.6) is 23.0 Å². The molecular weight excluding hydrogens is 620 g/mol. The van der Waals surface area contributed by atoms with Crippen molar-refractivity contribution in [2.75, 3.05) is 0 Å². The predicted molar refractivity (Wildman–Crippen MR) is 179 cm³/mol. The van der Waals surface area contributed by atoms with Crippen molar-refractivity contribution in [2.24, 2.45) is 10.2 Å². The van der Waals surface area contributed by atoms with Crippen LogP contribution in [0.3, 0.4) is 0 Å². The number of benzene rings is 4. The molecule has 0 saturated carbocycles.